The first-order chi connectivity index (χ1) is 6.81. The Morgan fingerprint density at radius 2 is 2.36 bits per heavy atom. The molecule has 2 rings (SSSR count). The molecule has 0 unspecified atom stereocenters. The van der Waals surface area contributed by atoms with Gasteiger partial charge in [0.05, 0.1) is 5.39 Å². The van der Waals surface area contributed by atoms with Crippen molar-refractivity contribution in [2.75, 3.05) is 18.5 Å². The maximum atomic E-state index is 12.0. The van der Waals surface area contributed by atoms with Gasteiger partial charge in [0.15, 0.2) is 5.65 Å². The summed E-state index contributed by atoms with van der Waals surface area (Å²) in [5, 5.41) is 7.79. The smallest absolute Gasteiger partial charge is 0.186 e. The molecule has 0 aliphatic rings. The van der Waals surface area contributed by atoms with Crippen molar-refractivity contribution in [2.45, 2.75) is 0 Å². The van der Waals surface area contributed by atoms with Gasteiger partial charge in [-0.25, -0.2) is 14.4 Å². The van der Waals surface area contributed by atoms with Crippen molar-refractivity contribution >= 4 is 16.9 Å². The van der Waals surface area contributed by atoms with Crippen LogP contribution in [0, 0.1) is 0 Å². The minimum absolute atomic E-state index is 0.251. The van der Waals surface area contributed by atoms with E-state index in [0.29, 0.717) is 11.5 Å². The molecule has 0 aliphatic heterocycles. The lowest BCUT2D eigenvalue weighted by Crippen LogP contribution is -2.05. The van der Waals surface area contributed by atoms with Gasteiger partial charge in [0, 0.05) is 19.8 Å². The highest BCUT2D eigenvalue weighted by Crippen LogP contribution is 2.16. The van der Waals surface area contributed by atoms with Crippen molar-refractivity contribution in [2.24, 2.45) is 7.05 Å². The van der Waals surface area contributed by atoms with Crippen molar-refractivity contribution in [3.63, 3.8) is 0 Å². The molecule has 0 saturated heterocycles. The molecular weight excluding hydrogens is 185 g/mol. The molecule has 0 aliphatic carbocycles. The number of anilines is 1. The van der Waals surface area contributed by atoms with Gasteiger partial charge in [-0.05, 0) is 0 Å². The molecule has 0 fully saturated rings. The maximum absolute atomic E-state index is 12.0. The number of hydrogen-bond acceptors (Lipinski definition) is 4. The van der Waals surface area contributed by atoms with E-state index < -0.39 is 6.67 Å². The lowest BCUT2D eigenvalue weighted by molar-refractivity contribution is 0.512. The van der Waals surface area contributed by atoms with E-state index in [1.54, 1.807) is 17.9 Å². The normalized spacial score (nSPS) is 10.7. The van der Waals surface area contributed by atoms with Gasteiger partial charge in [0.2, 0.25) is 0 Å². The summed E-state index contributed by atoms with van der Waals surface area (Å²) in [6.07, 6.45) is 3.21. The fourth-order valence-electron chi connectivity index (χ4n) is 1.26. The van der Waals surface area contributed by atoms with Gasteiger partial charge in [-0.2, -0.15) is 5.10 Å². The van der Waals surface area contributed by atoms with Gasteiger partial charge in [0.1, 0.15) is 18.8 Å². The van der Waals surface area contributed by atoms with Gasteiger partial charge in [-0.15, -0.1) is 0 Å². The highest BCUT2D eigenvalue weighted by atomic mass is 19.1. The fraction of sp³-hybridized carbons (Fsp3) is 0.375. The standard InChI is InChI=1S/C8H10FN5/c1-14-4-6-7(10-3-2-9)11-5-12-8(6)13-14/h4-5H,2-3H2,1H3,(H,10,11,12,13). The zero-order valence-electron chi connectivity index (χ0n) is 7.74. The first-order valence-electron chi connectivity index (χ1n) is 4.25. The maximum Gasteiger partial charge on any atom is 0.186 e. The van der Waals surface area contributed by atoms with Gasteiger partial charge < -0.3 is 5.32 Å². The summed E-state index contributed by atoms with van der Waals surface area (Å²) in [6, 6.07) is 0. The number of aryl methyl sites for hydroxylation is 1. The Morgan fingerprint density at radius 1 is 1.50 bits per heavy atom. The Bertz CT molecular complexity index is 438. The van der Waals surface area contributed by atoms with E-state index in [1.165, 1.54) is 6.33 Å². The Balaban J connectivity index is 2.42. The lowest BCUT2D eigenvalue weighted by Gasteiger charge is -2.01. The molecule has 2 aromatic rings. The number of nitrogens with one attached hydrogen (secondary N) is 1. The highest BCUT2D eigenvalue weighted by Gasteiger charge is 2.05. The molecule has 1 N–H and O–H groups in total. The third-order valence-corrected chi connectivity index (χ3v) is 1.82. The summed E-state index contributed by atoms with van der Waals surface area (Å²) in [7, 11) is 1.81. The largest absolute Gasteiger partial charge is 0.367 e. The monoisotopic (exact) mass is 195 g/mol. The number of rotatable bonds is 3. The summed E-state index contributed by atoms with van der Waals surface area (Å²) in [6.45, 7) is -0.174. The summed E-state index contributed by atoms with van der Waals surface area (Å²) in [4.78, 5) is 8.01. The van der Waals surface area contributed by atoms with Gasteiger partial charge in [-0.3, -0.25) is 4.68 Å². The average molecular weight is 195 g/mol. The Hall–Kier alpha value is -1.72. The van der Waals surface area contributed by atoms with Crippen molar-refractivity contribution in [1.82, 2.24) is 19.7 Å². The van der Waals surface area contributed by atoms with E-state index >= 15 is 0 Å². The molecule has 74 valence electrons. The van der Waals surface area contributed by atoms with Crippen LogP contribution in [0.4, 0.5) is 10.2 Å². The topological polar surface area (TPSA) is 55.6 Å². The summed E-state index contributed by atoms with van der Waals surface area (Å²) in [5.74, 6) is 0.626. The summed E-state index contributed by atoms with van der Waals surface area (Å²) in [5.41, 5.74) is 0.615. The third-order valence-electron chi connectivity index (χ3n) is 1.82. The SMILES string of the molecule is Cn1cc2c(NCCF)ncnc2n1. The second-order valence-corrected chi connectivity index (χ2v) is 2.88. The number of nitrogens with zero attached hydrogens (tertiary/aromatic N) is 4. The van der Waals surface area contributed by atoms with Gasteiger partial charge >= 0.3 is 0 Å². The number of halogens is 1. The fourth-order valence-corrected chi connectivity index (χ4v) is 1.26. The molecule has 2 aromatic heterocycles. The Morgan fingerprint density at radius 3 is 3.14 bits per heavy atom. The predicted molar refractivity (Wildman–Crippen MR) is 50.8 cm³/mol. The van der Waals surface area contributed by atoms with E-state index in [9.17, 15) is 4.39 Å². The molecular formula is C8H10FN5. The van der Waals surface area contributed by atoms with Crippen molar-refractivity contribution < 1.29 is 4.39 Å². The van der Waals surface area contributed by atoms with Crippen LogP contribution < -0.4 is 5.32 Å². The second-order valence-electron chi connectivity index (χ2n) is 2.88. The van der Waals surface area contributed by atoms with Crippen LogP contribution in [0.1, 0.15) is 0 Å². The lowest BCUT2D eigenvalue weighted by atomic mass is 10.4. The Labute approximate surface area is 80.0 Å². The minimum atomic E-state index is -0.425. The van der Waals surface area contributed by atoms with Gasteiger partial charge in [0.25, 0.3) is 0 Å². The van der Waals surface area contributed by atoms with Crippen LogP contribution in [0.2, 0.25) is 0 Å². The second kappa shape index (κ2) is 3.57. The Kier molecular flexibility index (Phi) is 2.26. The highest BCUT2D eigenvalue weighted by molar-refractivity contribution is 5.85. The molecule has 0 saturated carbocycles. The van der Waals surface area contributed by atoms with Crippen LogP contribution in [-0.2, 0) is 7.05 Å². The van der Waals surface area contributed by atoms with Crippen molar-refractivity contribution in [1.29, 1.82) is 0 Å². The third kappa shape index (κ3) is 1.50. The van der Waals surface area contributed by atoms with E-state index in [0.717, 1.165) is 5.39 Å². The van der Waals surface area contributed by atoms with Gasteiger partial charge in [-0.1, -0.05) is 0 Å². The predicted octanol–water partition coefficient (Wildman–Crippen LogP) is 0.745. The molecule has 0 radical (unpaired) electrons. The molecule has 0 spiro atoms. The first-order valence-corrected chi connectivity index (χ1v) is 4.25. The van der Waals surface area contributed by atoms with E-state index in [2.05, 4.69) is 20.4 Å². The van der Waals surface area contributed by atoms with Crippen LogP contribution in [0.25, 0.3) is 11.0 Å². The van der Waals surface area contributed by atoms with Crippen LogP contribution >= 0.6 is 0 Å². The zero-order chi connectivity index (χ0) is 9.97. The molecule has 0 atom stereocenters. The van der Waals surface area contributed by atoms with Crippen molar-refractivity contribution in [3.05, 3.63) is 12.5 Å². The van der Waals surface area contributed by atoms with E-state index in [4.69, 9.17) is 0 Å². The van der Waals surface area contributed by atoms with Crippen LogP contribution in [-0.4, -0.2) is 33.0 Å². The molecule has 2 heterocycles. The average Bonchev–Trinajstić information content (AvgIpc) is 2.55. The number of fused-ring (bicyclic) bond motifs is 1. The summed E-state index contributed by atoms with van der Waals surface area (Å²) < 4.78 is 13.6. The molecule has 0 bridgehead atoms. The zero-order valence-corrected chi connectivity index (χ0v) is 7.74. The van der Waals surface area contributed by atoms with E-state index in [1.807, 2.05) is 0 Å². The first kappa shape index (κ1) is 8.86. The summed E-state index contributed by atoms with van der Waals surface area (Å²) >= 11 is 0. The molecule has 6 heteroatoms. The number of alkyl halides is 1. The number of aromatic nitrogens is 4. The van der Waals surface area contributed by atoms with Crippen LogP contribution in [0.5, 0.6) is 0 Å². The number of hydrogen-bond donors (Lipinski definition) is 1. The minimum Gasteiger partial charge on any atom is -0.367 e. The molecule has 0 aromatic carbocycles. The van der Waals surface area contributed by atoms with E-state index in [-0.39, 0.29) is 6.54 Å². The molecule has 14 heavy (non-hydrogen) atoms. The molecule has 5 nitrogen and oxygen atoms in total. The van der Waals surface area contributed by atoms with Crippen LogP contribution in [0.3, 0.4) is 0 Å². The quantitative estimate of drug-likeness (QED) is 0.785. The van der Waals surface area contributed by atoms with Crippen molar-refractivity contribution in [3.8, 4) is 0 Å². The molecule has 0 amide bonds. The van der Waals surface area contributed by atoms with Crippen LogP contribution in [0.15, 0.2) is 12.5 Å².